The fourth-order valence-electron chi connectivity index (χ4n) is 1.23. The second-order valence-electron chi connectivity index (χ2n) is 3.08. The summed E-state index contributed by atoms with van der Waals surface area (Å²) in [6.45, 7) is 2.46. The van der Waals surface area contributed by atoms with Crippen LogP contribution in [-0.2, 0) is 15.4 Å². The summed E-state index contributed by atoms with van der Waals surface area (Å²) in [5.74, 6) is 0.623. The van der Waals surface area contributed by atoms with Crippen molar-refractivity contribution in [2.24, 2.45) is 0 Å². The number of hydrogen-bond donors (Lipinski definition) is 1. The van der Waals surface area contributed by atoms with Gasteiger partial charge in [-0.25, -0.2) is 0 Å². The Bertz CT molecular complexity index is 301. The zero-order chi connectivity index (χ0) is 10.5. The normalized spacial score (nSPS) is 21.5. The Morgan fingerprint density at radius 2 is 2.33 bits per heavy atom. The van der Waals surface area contributed by atoms with Gasteiger partial charge in [0.05, 0.1) is 25.9 Å². The van der Waals surface area contributed by atoms with Crippen LogP contribution in [0.3, 0.4) is 0 Å². The third-order valence-electron chi connectivity index (χ3n) is 1.95. The van der Waals surface area contributed by atoms with Crippen LogP contribution in [0.1, 0.15) is 5.89 Å². The fraction of sp³-hybridized carbons (Fsp3) is 0.750. The molecule has 15 heavy (non-hydrogen) atoms. The number of aromatic nitrogens is 2. The summed E-state index contributed by atoms with van der Waals surface area (Å²) in [7, 11) is 0. The number of alkyl halides is 1. The maximum Gasteiger partial charge on any atom is 0.315 e. The van der Waals surface area contributed by atoms with Crippen LogP contribution in [0.4, 0.5) is 6.01 Å². The van der Waals surface area contributed by atoms with E-state index < -0.39 is 0 Å². The van der Waals surface area contributed by atoms with Crippen LogP contribution in [0, 0.1) is 0 Å². The molecular weight excluding hydrogens is 222 g/mol. The van der Waals surface area contributed by atoms with Gasteiger partial charge in [-0.1, -0.05) is 5.10 Å². The molecule has 0 bridgehead atoms. The highest BCUT2D eigenvalue weighted by Gasteiger charge is 2.15. The third kappa shape index (κ3) is 3.05. The van der Waals surface area contributed by atoms with E-state index in [-0.39, 0.29) is 12.0 Å². The SMILES string of the molecule is ClCc1nnc(NCC2COCCO2)o1. The Labute approximate surface area is 91.9 Å². The standard InChI is InChI=1S/C8H12ClN3O3/c9-3-7-11-12-8(15-7)10-4-6-5-13-1-2-14-6/h6H,1-5H2,(H,10,12). The average Bonchev–Trinajstić information content (AvgIpc) is 2.76. The highest BCUT2D eigenvalue weighted by atomic mass is 35.5. The molecule has 2 rings (SSSR count). The van der Waals surface area contributed by atoms with Gasteiger partial charge in [0.2, 0.25) is 5.89 Å². The van der Waals surface area contributed by atoms with Gasteiger partial charge in [0.25, 0.3) is 0 Å². The topological polar surface area (TPSA) is 69.4 Å². The number of anilines is 1. The van der Waals surface area contributed by atoms with Gasteiger partial charge in [0.15, 0.2) is 0 Å². The van der Waals surface area contributed by atoms with E-state index in [1.165, 1.54) is 0 Å². The van der Waals surface area contributed by atoms with Gasteiger partial charge in [0, 0.05) is 6.54 Å². The minimum atomic E-state index is 0.0325. The molecule has 1 aliphatic heterocycles. The van der Waals surface area contributed by atoms with Crippen molar-refractivity contribution >= 4 is 17.6 Å². The molecule has 0 saturated carbocycles. The predicted octanol–water partition coefficient (Wildman–Crippen LogP) is 0.636. The van der Waals surface area contributed by atoms with Crippen molar-refractivity contribution in [3.05, 3.63) is 5.89 Å². The molecule has 0 amide bonds. The van der Waals surface area contributed by atoms with Crippen molar-refractivity contribution in [1.82, 2.24) is 10.2 Å². The number of nitrogens with one attached hydrogen (secondary N) is 1. The summed E-state index contributed by atoms with van der Waals surface area (Å²) in [4.78, 5) is 0. The lowest BCUT2D eigenvalue weighted by Gasteiger charge is -2.22. The van der Waals surface area contributed by atoms with Crippen LogP contribution in [-0.4, -0.2) is 42.7 Å². The number of nitrogens with zero attached hydrogens (tertiary/aromatic N) is 2. The van der Waals surface area contributed by atoms with E-state index in [0.29, 0.717) is 38.3 Å². The Morgan fingerprint density at radius 1 is 1.40 bits per heavy atom. The molecule has 0 aromatic carbocycles. The van der Waals surface area contributed by atoms with E-state index in [1.54, 1.807) is 0 Å². The number of hydrogen-bond acceptors (Lipinski definition) is 6. The lowest BCUT2D eigenvalue weighted by atomic mass is 10.3. The molecule has 84 valence electrons. The molecule has 1 N–H and O–H groups in total. The van der Waals surface area contributed by atoms with Gasteiger partial charge >= 0.3 is 6.01 Å². The van der Waals surface area contributed by atoms with Crippen LogP contribution in [0.15, 0.2) is 4.42 Å². The van der Waals surface area contributed by atoms with Crippen molar-refractivity contribution in [3.63, 3.8) is 0 Å². The average molecular weight is 234 g/mol. The molecule has 1 aromatic heterocycles. The first-order valence-electron chi connectivity index (χ1n) is 4.70. The summed E-state index contributed by atoms with van der Waals surface area (Å²) in [6, 6.07) is 0.361. The molecule has 1 aliphatic rings. The zero-order valence-corrected chi connectivity index (χ0v) is 8.87. The lowest BCUT2D eigenvalue weighted by Crippen LogP contribution is -2.34. The molecular formula is C8H12ClN3O3. The van der Waals surface area contributed by atoms with E-state index in [1.807, 2.05) is 0 Å². The maximum absolute atomic E-state index is 5.52. The maximum atomic E-state index is 5.52. The minimum Gasteiger partial charge on any atom is -0.407 e. The van der Waals surface area contributed by atoms with Crippen LogP contribution in [0.25, 0.3) is 0 Å². The summed E-state index contributed by atoms with van der Waals surface area (Å²) < 4.78 is 15.8. The van der Waals surface area contributed by atoms with Gasteiger partial charge in [-0.15, -0.1) is 16.7 Å². The molecule has 0 aliphatic carbocycles. The second kappa shape index (κ2) is 5.29. The molecule has 0 spiro atoms. The van der Waals surface area contributed by atoms with E-state index in [9.17, 15) is 0 Å². The fourth-order valence-corrected chi connectivity index (χ4v) is 1.34. The molecule has 0 radical (unpaired) electrons. The Hall–Kier alpha value is -0.850. The molecule has 1 saturated heterocycles. The number of ether oxygens (including phenoxy) is 2. The van der Waals surface area contributed by atoms with Crippen molar-refractivity contribution in [2.75, 3.05) is 31.7 Å². The quantitative estimate of drug-likeness (QED) is 0.770. The van der Waals surface area contributed by atoms with E-state index in [2.05, 4.69) is 15.5 Å². The highest BCUT2D eigenvalue weighted by molar-refractivity contribution is 6.16. The molecule has 1 aromatic rings. The summed E-state index contributed by atoms with van der Waals surface area (Å²) in [5, 5.41) is 10.4. The van der Waals surface area contributed by atoms with Gasteiger partial charge in [-0.3, -0.25) is 0 Å². The summed E-state index contributed by atoms with van der Waals surface area (Å²) >= 11 is 5.52. The third-order valence-corrected chi connectivity index (χ3v) is 2.18. The van der Waals surface area contributed by atoms with Gasteiger partial charge in [0.1, 0.15) is 5.88 Å². The Morgan fingerprint density at radius 3 is 3.00 bits per heavy atom. The van der Waals surface area contributed by atoms with Crippen LogP contribution in [0.2, 0.25) is 0 Å². The van der Waals surface area contributed by atoms with Crippen LogP contribution in [0.5, 0.6) is 0 Å². The van der Waals surface area contributed by atoms with Gasteiger partial charge in [-0.2, -0.15) is 0 Å². The lowest BCUT2D eigenvalue weighted by molar-refractivity contribution is -0.0820. The monoisotopic (exact) mass is 233 g/mol. The first-order valence-corrected chi connectivity index (χ1v) is 5.23. The van der Waals surface area contributed by atoms with Crippen LogP contribution >= 0.6 is 11.6 Å². The molecule has 1 unspecified atom stereocenters. The van der Waals surface area contributed by atoms with Crippen LogP contribution < -0.4 is 5.32 Å². The van der Waals surface area contributed by atoms with E-state index >= 15 is 0 Å². The molecule has 6 nitrogen and oxygen atoms in total. The Balaban J connectivity index is 1.76. The van der Waals surface area contributed by atoms with Gasteiger partial charge < -0.3 is 19.2 Å². The van der Waals surface area contributed by atoms with Gasteiger partial charge in [-0.05, 0) is 0 Å². The van der Waals surface area contributed by atoms with Crippen molar-refractivity contribution in [2.45, 2.75) is 12.0 Å². The highest BCUT2D eigenvalue weighted by Crippen LogP contribution is 2.08. The smallest absolute Gasteiger partial charge is 0.315 e. The molecule has 1 fully saturated rings. The van der Waals surface area contributed by atoms with E-state index in [0.717, 1.165) is 0 Å². The minimum absolute atomic E-state index is 0.0325. The first-order chi connectivity index (χ1) is 7.38. The second-order valence-corrected chi connectivity index (χ2v) is 3.35. The molecule has 2 heterocycles. The zero-order valence-electron chi connectivity index (χ0n) is 8.11. The summed E-state index contributed by atoms with van der Waals surface area (Å²) in [5.41, 5.74) is 0. The van der Waals surface area contributed by atoms with E-state index in [4.69, 9.17) is 25.5 Å². The van der Waals surface area contributed by atoms with Crippen molar-refractivity contribution in [3.8, 4) is 0 Å². The number of halogens is 1. The van der Waals surface area contributed by atoms with Crippen molar-refractivity contribution < 1.29 is 13.9 Å². The Kier molecular flexibility index (Phi) is 3.76. The summed E-state index contributed by atoms with van der Waals surface area (Å²) in [6.07, 6.45) is 0.0325. The number of rotatable bonds is 4. The molecule has 1 atom stereocenters. The predicted molar refractivity (Wildman–Crippen MR) is 52.9 cm³/mol. The molecule has 7 heteroatoms. The first kappa shape index (κ1) is 10.7. The largest absolute Gasteiger partial charge is 0.407 e. The van der Waals surface area contributed by atoms with Crippen molar-refractivity contribution in [1.29, 1.82) is 0 Å².